The van der Waals surface area contributed by atoms with Crippen molar-refractivity contribution >= 4 is 73.4 Å². The molecule has 4 rings (SSSR count). The molecule has 0 saturated heterocycles. The van der Waals surface area contributed by atoms with E-state index in [1.807, 2.05) is 35.8 Å². The Bertz CT molecular complexity index is 1620. The molecule has 16 heteroatoms. The summed E-state index contributed by atoms with van der Waals surface area (Å²) in [5.74, 6) is 1.36. The molecule has 0 spiro atoms. The molecule has 2 N–H and O–H groups in total. The van der Waals surface area contributed by atoms with Crippen LogP contribution in [0, 0.1) is 0 Å². The van der Waals surface area contributed by atoms with Crippen molar-refractivity contribution in [3.8, 4) is 0 Å². The molecule has 0 unspecified atom stereocenters. The molecule has 0 aliphatic carbocycles. The van der Waals surface area contributed by atoms with Crippen molar-refractivity contribution in [2.45, 2.75) is 65.2 Å². The number of imide groups is 1. The molecule has 2 aromatic heterocycles. The summed E-state index contributed by atoms with van der Waals surface area (Å²) in [7, 11) is 2.95. The number of amides is 3. The Kier molecular flexibility index (Phi) is 14.5. The van der Waals surface area contributed by atoms with E-state index in [1.54, 1.807) is 13.8 Å². The number of aliphatic hydroxyl groups is 1. The minimum absolute atomic E-state index is 0.146. The molecule has 3 amide bonds. The highest BCUT2D eigenvalue weighted by atomic mass is 33.1. The van der Waals surface area contributed by atoms with Crippen LogP contribution in [-0.4, -0.2) is 98.7 Å². The zero-order chi connectivity index (χ0) is 35.2. The molecule has 0 fully saturated rings. The van der Waals surface area contributed by atoms with Gasteiger partial charge in [-0.05, 0) is 46.1 Å². The Morgan fingerprint density at radius 2 is 1.59 bits per heavy atom. The largest absolute Gasteiger partial charge is 0.508 e. The van der Waals surface area contributed by atoms with E-state index in [0.717, 1.165) is 23.7 Å². The van der Waals surface area contributed by atoms with Gasteiger partial charge in [-0.15, -0.1) is 0 Å². The number of unbranched alkanes of at least 4 members (excludes halogenated alkanes) is 3. The first-order chi connectivity index (χ1) is 23.6. The number of carbonyl (C=O) groups excluding carboxylic acids is 4. The van der Waals surface area contributed by atoms with Gasteiger partial charge in [0.15, 0.2) is 5.82 Å². The summed E-state index contributed by atoms with van der Waals surface area (Å²) < 4.78 is 23.1. The molecular weight excluding hydrogens is 675 g/mol. The highest BCUT2D eigenvalue weighted by Gasteiger charge is 2.24. The van der Waals surface area contributed by atoms with Crippen molar-refractivity contribution in [3.63, 3.8) is 0 Å². The van der Waals surface area contributed by atoms with E-state index >= 15 is 0 Å². The number of carbonyl (C=O) groups is 4. The van der Waals surface area contributed by atoms with Crippen LogP contribution in [0.2, 0.25) is 0 Å². The Hall–Kier alpha value is -3.86. The summed E-state index contributed by atoms with van der Waals surface area (Å²) in [4.78, 5) is 58.2. The lowest BCUT2D eigenvalue weighted by Gasteiger charge is -2.20. The SMILES string of the molecule is CCOCc1nc2c(NC(=O)OCCSSCCOC(=O)OCCCCCCN3C(=O)C=CC3=O)nc3ccccc3c2n1CC(C)(C)O. The second-order valence-electron chi connectivity index (χ2n) is 11.7. The molecule has 3 aromatic rings. The number of benzene rings is 1. The van der Waals surface area contributed by atoms with Crippen molar-refractivity contribution < 1.29 is 43.2 Å². The van der Waals surface area contributed by atoms with Crippen LogP contribution < -0.4 is 5.32 Å². The van der Waals surface area contributed by atoms with E-state index in [9.17, 15) is 24.3 Å². The van der Waals surface area contributed by atoms with Gasteiger partial charge in [-0.2, -0.15) is 0 Å². The van der Waals surface area contributed by atoms with Gasteiger partial charge in [-0.25, -0.2) is 19.6 Å². The van der Waals surface area contributed by atoms with Crippen molar-refractivity contribution in [1.29, 1.82) is 0 Å². The van der Waals surface area contributed by atoms with Gasteiger partial charge in [0.05, 0.1) is 29.8 Å². The van der Waals surface area contributed by atoms with Gasteiger partial charge in [0.1, 0.15) is 31.2 Å². The van der Waals surface area contributed by atoms with Gasteiger partial charge in [-0.3, -0.25) is 19.8 Å². The first kappa shape index (κ1) is 38.0. The smallest absolute Gasteiger partial charge is 0.448 e. The third kappa shape index (κ3) is 11.6. The number of imidazole rings is 1. The number of hydrogen-bond donors (Lipinski definition) is 2. The molecule has 14 nitrogen and oxygen atoms in total. The van der Waals surface area contributed by atoms with Gasteiger partial charge in [0, 0.05) is 42.2 Å². The lowest BCUT2D eigenvalue weighted by Crippen LogP contribution is -2.30. The van der Waals surface area contributed by atoms with Crippen molar-refractivity contribution in [2.24, 2.45) is 0 Å². The van der Waals surface area contributed by atoms with Gasteiger partial charge in [0.2, 0.25) is 0 Å². The van der Waals surface area contributed by atoms with Gasteiger partial charge in [-0.1, -0.05) is 46.2 Å². The monoisotopic (exact) mass is 717 g/mol. The van der Waals surface area contributed by atoms with Gasteiger partial charge in [0.25, 0.3) is 11.8 Å². The third-order valence-corrected chi connectivity index (χ3v) is 9.46. The number of rotatable bonds is 20. The highest BCUT2D eigenvalue weighted by molar-refractivity contribution is 8.76. The molecule has 0 saturated carbocycles. The van der Waals surface area contributed by atoms with Crippen molar-refractivity contribution in [3.05, 3.63) is 42.2 Å². The minimum atomic E-state index is -1.03. The second-order valence-corrected chi connectivity index (χ2v) is 14.4. The van der Waals surface area contributed by atoms with E-state index in [2.05, 4.69) is 10.3 Å². The first-order valence-corrected chi connectivity index (χ1v) is 18.7. The molecule has 49 heavy (non-hydrogen) atoms. The molecule has 266 valence electrons. The number of anilines is 1. The topological polar surface area (TPSA) is 171 Å². The molecular formula is C33H43N5O9S2. The van der Waals surface area contributed by atoms with Crippen LogP contribution in [0.1, 0.15) is 52.3 Å². The number of ether oxygens (including phenoxy) is 4. The van der Waals surface area contributed by atoms with E-state index in [4.69, 9.17) is 23.9 Å². The number of pyridine rings is 1. The van der Waals surface area contributed by atoms with E-state index in [-0.39, 0.29) is 50.6 Å². The molecule has 1 aromatic carbocycles. The van der Waals surface area contributed by atoms with Crippen LogP contribution >= 0.6 is 21.6 Å². The van der Waals surface area contributed by atoms with E-state index < -0.39 is 17.8 Å². The number of nitrogens with zero attached hydrogens (tertiary/aromatic N) is 4. The number of fused-ring (bicyclic) bond motifs is 3. The van der Waals surface area contributed by atoms with Crippen LogP contribution in [0.4, 0.5) is 15.4 Å². The number of aromatic nitrogens is 3. The van der Waals surface area contributed by atoms with Crippen LogP contribution in [0.5, 0.6) is 0 Å². The maximum absolute atomic E-state index is 12.7. The fourth-order valence-electron chi connectivity index (χ4n) is 4.98. The Balaban J connectivity index is 1.13. The average Bonchev–Trinajstić information content (AvgIpc) is 3.58. The molecule has 1 aliphatic heterocycles. The molecule has 0 atom stereocenters. The fourth-order valence-corrected chi connectivity index (χ4v) is 6.64. The van der Waals surface area contributed by atoms with E-state index in [1.165, 1.54) is 38.6 Å². The molecule has 0 bridgehead atoms. The van der Waals surface area contributed by atoms with E-state index in [0.29, 0.717) is 54.4 Å². The third-order valence-electron chi connectivity index (χ3n) is 7.13. The van der Waals surface area contributed by atoms with Crippen molar-refractivity contribution in [2.75, 3.05) is 49.8 Å². The van der Waals surface area contributed by atoms with Crippen LogP contribution in [0.15, 0.2) is 36.4 Å². The Morgan fingerprint density at radius 3 is 2.31 bits per heavy atom. The Labute approximate surface area is 292 Å². The zero-order valence-electron chi connectivity index (χ0n) is 28.0. The predicted molar refractivity (Wildman–Crippen MR) is 188 cm³/mol. The summed E-state index contributed by atoms with van der Waals surface area (Å²) in [5, 5.41) is 14.2. The standard InChI is InChI=1S/C33H43N5O9S2/c1-4-44-21-25-35-28-29(38(25)22-33(2,3)43)23-11-7-8-12-24(23)34-30(28)36-31(41)45-17-19-48-49-20-18-47-32(42)46-16-10-6-5-9-15-37-26(39)13-14-27(37)40/h7-8,11-14,43H,4-6,9-10,15-22H2,1-3H3,(H,34,36,41). The highest BCUT2D eigenvalue weighted by Crippen LogP contribution is 2.31. The summed E-state index contributed by atoms with van der Waals surface area (Å²) in [5.41, 5.74) is 0.834. The lowest BCUT2D eigenvalue weighted by atomic mass is 10.1. The first-order valence-electron chi connectivity index (χ1n) is 16.2. The summed E-state index contributed by atoms with van der Waals surface area (Å²) in [6.07, 6.45) is 4.13. The minimum Gasteiger partial charge on any atom is -0.448 e. The maximum Gasteiger partial charge on any atom is 0.508 e. The summed E-state index contributed by atoms with van der Waals surface area (Å²) >= 11 is 0. The van der Waals surface area contributed by atoms with Gasteiger partial charge < -0.3 is 28.6 Å². The average molecular weight is 718 g/mol. The van der Waals surface area contributed by atoms with Gasteiger partial charge >= 0.3 is 12.2 Å². The maximum atomic E-state index is 12.7. The van der Waals surface area contributed by atoms with Crippen LogP contribution in [0.25, 0.3) is 21.9 Å². The normalized spacial score (nSPS) is 13.1. The molecule has 1 aliphatic rings. The second kappa shape index (κ2) is 18.8. The number of para-hydroxylation sites is 1. The fraction of sp³-hybridized carbons (Fsp3) is 0.515. The quantitative estimate of drug-likeness (QED) is 0.0654. The lowest BCUT2D eigenvalue weighted by molar-refractivity contribution is -0.136. The number of hydrogen-bond acceptors (Lipinski definition) is 13. The van der Waals surface area contributed by atoms with Crippen LogP contribution in [0.3, 0.4) is 0 Å². The summed E-state index contributed by atoms with van der Waals surface area (Å²) in [6.45, 7) is 7.28. The van der Waals surface area contributed by atoms with Crippen molar-refractivity contribution in [1.82, 2.24) is 19.4 Å². The zero-order valence-corrected chi connectivity index (χ0v) is 29.6. The van der Waals surface area contributed by atoms with Crippen LogP contribution in [-0.2, 0) is 41.7 Å². The summed E-state index contributed by atoms with van der Waals surface area (Å²) in [6, 6.07) is 7.54. The molecule has 3 heterocycles. The predicted octanol–water partition coefficient (Wildman–Crippen LogP) is 5.46. The Morgan fingerprint density at radius 1 is 0.918 bits per heavy atom. The molecule has 0 radical (unpaired) electrons. The number of nitrogens with one attached hydrogen (secondary N) is 1.